The topological polar surface area (TPSA) is 93.4 Å². The number of hydrogen-bond donors (Lipinski definition) is 2. The summed E-state index contributed by atoms with van der Waals surface area (Å²) in [6, 6.07) is 7.18. The van der Waals surface area contributed by atoms with E-state index in [1.165, 1.54) is 0 Å². The number of nitrogens with one attached hydrogen (secondary N) is 1. The highest BCUT2D eigenvalue weighted by Crippen LogP contribution is 2.18. The molecule has 17 heavy (non-hydrogen) atoms. The molecule has 0 radical (unpaired) electrons. The number of halogens is 1. The average Bonchev–Trinajstić information content (AvgIpc) is 2.69. The highest BCUT2D eigenvalue weighted by atomic mass is 35.5. The van der Waals surface area contributed by atoms with Gasteiger partial charge in [-0.05, 0) is 24.3 Å². The van der Waals surface area contributed by atoms with Crippen LogP contribution in [0.15, 0.2) is 24.3 Å². The Morgan fingerprint density at radius 1 is 1.06 bits per heavy atom. The first-order valence-electron chi connectivity index (χ1n) is 4.84. The second kappa shape index (κ2) is 3.67. The molecule has 84 valence electrons. The number of nitrogen functional groups attached to an aromatic ring is 1. The molecule has 0 aliphatic rings. The lowest BCUT2D eigenvalue weighted by atomic mass is 10.2. The number of H-pyrrole nitrogens is 1. The molecule has 0 saturated carbocycles. The molecule has 0 saturated heterocycles. The highest BCUT2D eigenvalue weighted by Gasteiger charge is 2.07. The number of imidazole rings is 1. The second-order valence-electron chi connectivity index (χ2n) is 3.44. The summed E-state index contributed by atoms with van der Waals surface area (Å²) in [7, 11) is 0. The van der Waals surface area contributed by atoms with Crippen LogP contribution in [0.4, 0.5) is 5.95 Å². The minimum Gasteiger partial charge on any atom is -0.369 e. The van der Waals surface area contributed by atoms with E-state index in [-0.39, 0.29) is 5.95 Å². The third kappa shape index (κ3) is 1.78. The fourth-order valence-corrected chi connectivity index (χ4v) is 1.59. The summed E-state index contributed by atoms with van der Waals surface area (Å²) in [6.07, 6.45) is 0. The minimum absolute atomic E-state index is 0.273. The number of aromatic nitrogens is 5. The number of fused-ring (bicyclic) bond motifs is 1. The van der Waals surface area contributed by atoms with Crippen molar-refractivity contribution in [3.8, 4) is 11.4 Å². The van der Waals surface area contributed by atoms with Gasteiger partial charge < -0.3 is 10.7 Å². The zero-order chi connectivity index (χ0) is 11.8. The molecule has 2 aromatic heterocycles. The maximum absolute atomic E-state index is 5.81. The Balaban J connectivity index is 2.13. The highest BCUT2D eigenvalue weighted by molar-refractivity contribution is 6.30. The molecule has 0 fully saturated rings. The van der Waals surface area contributed by atoms with Crippen molar-refractivity contribution in [2.45, 2.75) is 0 Å². The number of benzene rings is 1. The molecular weight excluding hydrogens is 240 g/mol. The van der Waals surface area contributed by atoms with Gasteiger partial charge in [0.2, 0.25) is 17.2 Å². The smallest absolute Gasteiger partial charge is 0.203 e. The van der Waals surface area contributed by atoms with Crippen molar-refractivity contribution in [2.24, 2.45) is 0 Å². The third-order valence-electron chi connectivity index (χ3n) is 2.24. The first kappa shape index (κ1) is 9.98. The van der Waals surface area contributed by atoms with Crippen LogP contribution in [-0.2, 0) is 0 Å². The summed E-state index contributed by atoms with van der Waals surface area (Å²) >= 11 is 5.81. The molecular formula is C10H7ClN6. The Morgan fingerprint density at radius 2 is 1.82 bits per heavy atom. The van der Waals surface area contributed by atoms with E-state index in [4.69, 9.17) is 17.3 Å². The van der Waals surface area contributed by atoms with E-state index in [2.05, 4.69) is 25.1 Å². The third-order valence-corrected chi connectivity index (χ3v) is 2.50. The van der Waals surface area contributed by atoms with Gasteiger partial charge in [0.25, 0.3) is 0 Å². The van der Waals surface area contributed by atoms with E-state index in [1.54, 1.807) is 12.1 Å². The zero-order valence-electron chi connectivity index (χ0n) is 8.55. The lowest BCUT2D eigenvalue weighted by Gasteiger charge is -1.98. The van der Waals surface area contributed by atoms with Crippen LogP contribution in [0.2, 0.25) is 5.02 Å². The summed E-state index contributed by atoms with van der Waals surface area (Å²) in [5, 5.41) is 8.61. The molecule has 0 spiro atoms. The van der Waals surface area contributed by atoms with Gasteiger partial charge in [0.1, 0.15) is 0 Å². The van der Waals surface area contributed by atoms with Crippen LogP contribution in [0.25, 0.3) is 22.7 Å². The molecule has 0 atom stereocenters. The van der Waals surface area contributed by atoms with E-state index in [0.717, 1.165) is 5.56 Å². The standard InChI is InChI=1S/C10H7ClN6/c11-6-3-1-5(2-4-6)7-13-8-9(17-16-7)15-10(12)14-8/h1-4H,(H3,12,13,14,15,16,17). The molecule has 0 amide bonds. The van der Waals surface area contributed by atoms with Crippen molar-refractivity contribution in [1.82, 2.24) is 25.1 Å². The molecule has 1 aromatic carbocycles. The summed E-state index contributed by atoms with van der Waals surface area (Å²) < 4.78 is 0. The lowest BCUT2D eigenvalue weighted by Crippen LogP contribution is -1.93. The van der Waals surface area contributed by atoms with Crippen LogP contribution in [-0.4, -0.2) is 25.1 Å². The van der Waals surface area contributed by atoms with Crippen LogP contribution in [0.5, 0.6) is 0 Å². The molecule has 0 aliphatic heterocycles. The van der Waals surface area contributed by atoms with Gasteiger partial charge in [0.05, 0.1) is 0 Å². The number of rotatable bonds is 1. The number of nitrogens with zero attached hydrogens (tertiary/aromatic N) is 4. The van der Waals surface area contributed by atoms with Crippen molar-refractivity contribution in [2.75, 3.05) is 5.73 Å². The van der Waals surface area contributed by atoms with Crippen molar-refractivity contribution in [3.05, 3.63) is 29.3 Å². The predicted octanol–water partition coefficient (Wildman–Crippen LogP) is 1.65. The molecule has 6 nitrogen and oxygen atoms in total. The summed E-state index contributed by atoms with van der Waals surface area (Å²) in [5.74, 6) is 0.760. The zero-order valence-corrected chi connectivity index (χ0v) is 9.31. The lowest BCUT2D eigenvalue weighted by molar-refractivity contribution is 1.02. The van der Waals surface area contributed by atoms with Gasteiger partial charge >= 0.3 is 0 Å². The van der Waals surface area contributed by atoms with Crippen molar-refractivity contribution >= 4 is 28.8 Å². The normalized spacial score (nSPS) is 10.9. The van der Waals surface area contributed by atoms with Gasteiger partial charge in [0.15, 0.2) is 5.82 Å². The first-order valence-corrected chi connectivity index (χ1v) is 5.22. The Morgan fingerprint density at radius 3 is 2.59 bits per heavy atom. The number of anilines is 1. The number of hydrogen-bond acceptors (Lipinski definition) is 5. The maximum Gasteiger partial charge on any atom is 0.203 e. The maximum atomic E-state index is 5.81. The van der Waals surface area contributed by atoms with E-state index in [0.29, 0.717) is 22.1 Å². The van der Waals surface area contributed by atoms with Gasteiger partial charge in [-0.3, -0.25) is 0 Å². The van der Waals surface area contributed by atoms with E-state index in [1.807, 2.05) is 12.1 Å². The monoisotopic (exact) mass is 246 g/mol. The summed E-state index contributed by atoms with van der Waals surface area (Å²) in [5.41, 5.74) is 7.25. The van der Waals surface area contributed by atoms with Crippen LogP contribution < -0.4 is 5.73 Å². The Bertz CT molecular complexity index is 675. The molecule has 3 N–H and O–H groups in total. The van der Waals surface area contributed by atoms with Gasteiger partial charge in [0, 0.05) is 10.6 Å². The van der Waals surface area contributed by atoms with Crippen molar-refractivity contribution in [3.63, 3.8) is 0 Å². The van der Waals surface area contributed by atoms with Crippen LogP contribution in [0, 0.1) is 0 Å². The van der Waals surface area contributed by atoms with Gasteiger partial charge in [-0.2, -0.15) is 4.98 Å². The van der Waals surface area contributed by atoms with Crippen molar-refractivity contribution in [1.29, 1.82) is 0 Å². The molecule has 3 rings (SSSR count). The molecule has 0 bridgehead atoms. The SMILES string of the molecule is Nc1nc2nc(-c3ccc(Cl)cc3)nnc2[nH]1. The molecule has 2 heterocycles. The minimum atomic E-state index is 0.273. The van der Waals surface area contributed by atoms with E-state index >= 15 is 0 Å². The first-order chi connectivity index (χ1) is 8.22. The fraction of sp³-hybridized carbons (Fsp3) is 0. The summed E-state index contributed by atoms with van der Waals surface area (Å²) in [4.78, 5) is 11.0. The van der Waals surface area contributed by atoms with Crippen LogP contribution in [0.3, 0.4) is 0 Å². The van der Waals surface area contributed by atoms with E-state index < -0.39 is 0 Å². The van der Waals surface area contributed by atoms with E-state index in [9.17, 15) is 0 Å². The van der Waals surface area contributed by atoms with Gasteiger partial charge in [-0.25, -0.2) is 4.98 Å². The molecule has 0 unspecified atom stereocenters. The molecule has 3 aromatic rings. The fourth-order valence-electron chi connectivity index (χ4n) is 1.46. The molecule has 7 heteroatoms. The number of aromatic amines is 1. The Kier molecular flexibility index (Phi) is 2.15. The Labute approximate surface area is 101 Å². The van der Waals surface area contributed by atoms with Gasteiger partial charge in [-0.15, -0.1) is 10.2 Å². The van der Waals surface area contributed by atoms with Crippen molar-refractivity contribution < 1.29 is 0 Å². The predicted molar refractivity (Wildman–Crippen MR) is 64.3 cm³/mol. The van der Waals surface area contributed by atoms with Crippen LogP contribution >= 0.6 is 11.6 Å². The largest absolute Gasteiger partial charge is 0.369 e. The average molecular weight is 247 g/mol. The molecule has 0 aliphatic carbocycles. The second-order valence-corrected chi connectivity index (χ2v) is 3.87. The number of nitrogens with two attached hydrogens (primary N) is 1. The Hall–Kier alpha value is -2.21. The van der Waals surface area contributed by atoms with Crippen LogP contribution in [0.1, 0.15) is 0 Å². The quantitative estimate of drug-likeness (QED) is 0.681. The van der Waals surface area contributed by atoms with Gasteiger partial charge in [-0.1, -0.05) is 11.6 Å². The summed E-state index contributed by atoms with van der Waals surface area (Å²) in [6.45, 7) is 0.